The highest BCUT2D eigenvalue weighted by Gasteiger charge is 2.12. The summed E-state index contributed by atoms with van der Waals surface area (Å²) in [5.41, 5.74) is 1.49. The first-order valence-electron chi connectivity index (χ1n) is 5.32. The van der Waals surface area contributed by atoms with Crippen molar-refractivity contribution < 1.29 is 17.3 Å². The SMILES string of the molecule is [Cl-].c1ccc(C[NH+]2CCCCC2)cc1. The van der Waals surface area contributed by atoms with Crippen LogP contribution in [-0.2, 0) is 6.54 Å². The number of rotatable bonds is 2. The molecular formula is C12H18ClN. The fourth-order valence-electron chi connectivity index (χ4n) is 2.11. The minimum Gasteiger partial charge on any atom is -1.00 e. The largest absolute Gasteiger partial charge is 1.00 e. The molecule has 14 heavy (non-hydrogen) atoms. The van der Waals surface area contributed by atoms with Crippen LogP contribution in [0.3, 0.4) is 0 Å². The Morgan fingerprint density at radius 2 is 1.57 bits per heavy atom. The summed E-state index contributed by atoms with van der Waals surface area (Å²) in [6, 6.07) is 10.8. The van der Waals surface area contributed by atoms with Gasteiger partial charge in [-0.15, -0.1) is 0 Å². The lowest BCUT2D eigenvalue weighted by Gasteiger charge is -2.23. The summed E-state index contributed by atoms with van der Waals surface area (Å²) < 4.78 is 0. The zero-order valence-electron chi connectivity index (χ0n) is 8.51. The molecule has 78 valence electrons. The van der Waals surface area contributed by atoms with Gasteiger partial charge in [0.1, 0.15) is 6.54 Å². The predicted molar refractivity (Wildman–Crippen MR) is 54.7 cm³/mol. The van der Waals surface area contributed by atoms with Gasteiger partial charge in [-0.05, 0) is 19.3 Å². The standard InChI is InChI=1S/C12H17N.ClH/c1-3-7-12(8-4-1)11-13-9-5-2-6-10-13;/h1,3-4,7-8H,2,5-6,9-11H2;1H. The molecule has 1 aromatic rings. The van der Waals surface area contributed by atoms with Crippen LogP contribution in [-0.4, -0.2) is 13.1 Å². The highest BCUT2D eigenvalue weighted by molar-refractivity contribution is 5.13. The topological polar surface area (TPSA) is 4.44 Å². The Balaban J connectivity index is 0.000000980. The van der Waals surface area contributed by atoms with Crippen LogP contribution in [0.4, 0.5) is 0 Å². The molecule has 0 saturated carbocycles. The van der Waals surface area contributed by atoms with Crippen molar-refractivity contribution in [2.24, 2.45) is 0 Å². The summed E-state index contributed by atoms with van der Waals surface area (Å²) in [5.74, 6) is 0. The van der Waals surface area contributed by atoms with Gasteiger partial charge in [-0.3, -0.25) is 0 Å². The lowest BCUT2D eigenvalue weighted by atomic mass is 10.1. The van der Waals surface area contributed by atoms with Crippen molar-refractivity contribution in [3.05, 3.63) is 35.9 Å². The van der Waals surface area contributed by atoms with E-state index >= 15 is 0 Å². The van der Waals surface area contributed by atoms with Crippen molar-refractivity contribution in [3.8, 4) is 0 Å². The van der Waals surface area contributed by atoms with Crippen LogP contribution in [0.15, 0.2) is 30.3 Å². The average Bonchev–Trinajstić information content (AvgIpc) is 2.21. The Kier molecular flexibility index (Phi) is 4.99. The molecule has 1 saturated heterocycles. The first kappa shape index (κ1) is 11.5. The minimum atomic E-state index is 0. The van der Waals surface area contributed by atoms with E-state index in [2.05, 4.69) is 30.3 Å². The third-order valence-corrected chi connectivity index (χ3v) is 2.86. The summed E-state index contributed by atoms with van der Waals surface area (Å²) in [6.45, 7) is 3.96. The van der Waals surface area contributed by atoms with E-state index in [0.29, 0.717) is 0 Å². The lowest BCUT2D eigenvalue weighted by molar-refractivity contribution is -0.918. The van der Waals surface area contributed by atoms with E-state index in [1.807, 2.05) is 0 Å². The monoisotopic (exact) mass is 211 g/mol. The van der Waals surface area contributed by atoms with Gasteiger partial charge in [0.25, 0.3) is 0 Å². The summed E-state index contributed by atoms with van der Waals surface area (Å²) in [4.78, 5) is 1.76. The van der Waals surface area contributed by atoms with Crippen LogP contribution in [0.5, 0.6) is 0 Å². The van der Waals surface area contributed by atoms with Gasteiger partial charge >= 0.3 is 0 Å². The summed E-state index contributed by atoms with van der Waals surface area (Å²) >= 11 is 0. The molecule has 0 radical (unpaired) electrons. The smallest absolute Gasteiger partial charge is 0.103 e. The van der Waals surface area contributed by atoms with E-state index in [9.17, 15) is 0 Å². The van der Waals surface area contributed by atoms with Crippen LogP contribution >= 0.6 is 0 Å². The van der Waals surface area contributed by atoms with Crippen LogP contribution in [0.2, 0.25) is 0 Å². The normalized spacial score (nSPS) is 17.4. The third-order valence-electron chi connectivity index (χ3n) is 2.86. The molecule has 1 N–H and O–H groups in total. The molecule has 0 bridgehead atoms. The number of nitrogens with one attached hydrogen (secondary N) is 1. The third kappa shape index (κ3) is 3.32. The number of halogens is 1. The fraction of sp³-hybridized carbons (Fsp3) is 0.500. The second-order valence-corrected chi connectivity index (χ2v) is 3.97. The van der Waals surface area contributed by atoms with Crippen LogP contribution < -0.4 is 17.3 Å². The number of likely N-dealkylation sites (tertiary alicyclic amines) is 1. The zero-order valence-corrected chi connectivity index (χ0v) is 9.26. The first-order chi connectivity index (χ1) is 6.45. The highest BCUT2D eigenvalue weighted by atomic mass is 35.5. The number of piperidine rings is 1. The van der Waals surface area contributed by atoms with Crippen molar-refractivity contribution >= 4 is 0 Å². The first-order valence-corrected chi connectivity index (χ1v) is 5.32. The average molecular weight is 212 g/mol. The quantitative estimate of drug-likeness (QED) is 0.593. The predicted octanol–water partition coefficient (Wildman–Crippen LogP) is -1.74. The van der Waals surface area contributed by atoms with Gasteiger partial charge in [0, 0.05) is 5.56 Å². The maximum absolute atomic E-state index is 2.24. The maximum atomic E-state index is 2.24. The van der Waals surface area contributed by atoms with E-state index in [-0.39, 0.29) is 12.4 Å². The Hall–Kier alpha value is -0.530. The molecule has 0 aliphatic carbocycles. The Bertz CT molecular complexity index is 242. The van der Waals surface area contributed by atoms with Gasteiger partial charge in [-0.2, -0.15) is 0 Å². The molecule has 2 heteroatoms. The van der Waals surface area contributed by atoms with E-state index in [4.69, 9.17) is 0 Å². The second-order valence-electron chi connectivity index (χ2n) is 3.97. The van der Waals surface area contributed by atoms with Gasteiger partial charge in [-0.1, -0.05) is 30.3 Å². The van der Waals surface area contributed by atoms with Gasteiger partial charge in [0.05, 0.1) is 13.1 Å². The number of quaternary nitrogens is 1. The second kappa shape index (κ2) is 6.05. The minimum absolute atomic E-state index is 0. The van der Waals surface area contributed by atoms with Crippen molar-refractivity contribution in [3.63, 3.8) is 0 Å². The number of hydrogen-bond acceptors (Lipinski definition) is 0. The lowest BCUT2D eigenvalue weighted by Crippen LogP contribution is -3.11. The molecule has 0 amide bonds. The number of hydrogen-bond donors (Lipinski definition) is 1. The molecular weight excluding hydrogens is 194 g/mol. The van der Waals surface area contributed by atoms with Crippen LogP contribution in [0.1, 0.15) is 24.8 Å². The molecule has 1 aliphatic rings. The molecule has 1 aromatic carbocycles. The van der Waals surface area contributed by atoms with Crippen molar-refractivity contribution in [2.75, 3.05) is 13.1 Å². The number of benzene rings is 1. The molecule has 0 atom stereocenters. The Labute approximate surface area is 92.5 Å². The molecule has 0 spiro atoms. The van der Waals surface area contributed by atoms with Gasteiger partial charge in [0.15, 0.2) is 0 Å². The van der Waals surface area contributed by atoms with Gasteiger partial charge < -0.3 is 17.3 Å². The van der Waals surface area contributed by atoms with E-state index < -0.39 is 0 Å². The molecule has 0 aromatic heterocycles. The maximum Gasteiger partial charge on any atom is 0.103 e. The molecule has 1 aliphatic heterocycles. The van der Waals surface area contributed by atoms with E-state index in [0.717, 1.165) is 0 Å². The Morgan fingerprint density at radius 1 is 0.929 bits per heavy atom. The molecule has 1 fully saturated rings. The van der Waals surface area contributed by atoms with Gasteiger partial charge in [0.2, 0.25) is 0 Å². The summed E-state index contributed by atoms with van der Waals surface area (Å²) in [7, 11) is 0. The summed E-state index contributed by atoms with van der Waals surface area (Å²) in [6.07, 6.45) is 4.28. The highest BCUT2D eigenvalue weighted by Crippen LogP contribution is 1.99. The van der Waals surface area contributed by atoms with Crippen molar-refractivity contribution in [2.45, 2.75) is 25.8 Å². The van der Waals surface area contributed by atoms with Crippen LogP contribution in [0, 0.1) is 0 Å². The molecule has 1 heterocycles. The molecule has 1 nitrogen and oxygen atoms in total. The van der Waals surface area contributed by atoms with Crippen molar-refractivity contribution in [1.82, 2.24) is 0 Å². The van der Waals surface area contributed by atoms with Crippen molar-refractivity contribution in [1.29, 1.82) is 0 Å². The van der Waals surface area contributed by atoms with Gasteiger partial charge in [-0.25, -0.2) is 0 Å². The zero-order chi connectivity index (χ0) is 8.93. The fourth-order valence-corrected chi connectivity index (χ4v) is 2.11. The van der Waals surface area contributed by atoms with E-state index in [1.165, 1.54) is 44.5 Å². The molecule has 0 unspecified atom stereocenters. The van der Waals surface area contributed by atoms with Crippen LogP contribution in [0.25, 0.3) is 0 Å². The molecule has 2 rings (SSSR count). The summed E-state index contributed by atoms with van der Waals surface area (Å²) in [5, 5.41) is 0. The van der Waals surface area contributed by atoms with E-state index in [1.54, 1.807) is 4.90 Å². The Morgan fingerprint density at radius 3 is 2.21 bits per heavy atom.